The lowest BCUT2D eigenvalue weighted by Crippen LogP contribution is -2.49. The summed E-state index contributed by atoms with van der Waals surface area (Å²) in [4.78, 5) is 25.8. The van der Waals surface area contributed by atoms with E-state index < -0.39 is 0 Å². The second-order valence-corrected chi connectivity index (χ2v) is 11.1. The van der Waals surface area contributed by atoms with Gasteiger partial charge in [-0.1, -0.05) is 81.0 Å². The number of rotatable bonds is 18. The monoisotopic (exact) mass is 573 g/mol. The van der Waals surface area contributed by atoms with Crippen molar-refractivity contribution < 1.29 is 23.5 Å². The lowest BCUT2D eigenvalue weighted by Gasteiger charge is -2.36. The van der Waals surface area contributed by atoms with Crippen molar-refractivity contribution in [2.75, 3.05) is 38.2 Å². The number of nitrogens with one attached hydrogen (secondary N) is 1. The van der Waals surface area contributed by atoms with Crippen LogP contribution >= 0.6 is 0 Å². The number of benzene rings is 3. The smallest absolute Gasteiger partial charge is 0.338 e. The summed E-state index contributed by atoms with van der Waals surface area (Å²) in [5, 5.41) is 2.92. The zero-order chi connectivity index (χ0) is 30.2. The van der Waals surface area contributed by atoms with Crippen molar-refractivity contribution in [1.29, 1.82) is 0 Å². The minimum Gasteiger partial charge on any atom is -0.493 e. The average molecular weight is 574 g/mol. The molecule has 42 heavy (non-hydrogen) atoms. The molecule has 1 N–H and O–H groups in total. The third-order valence-electron chi connectivity index (χ3n) is 8.04. The number of anilines is 1. The Morgan fingerprint density at radius 3 is 2.12 bits per heavy atom. The molecule has 0 saturated heterocycles. The van der Waals surface area contributed by atoms with Gasteiger partial charge in [-0.3, -0.25) is 4.79 Å². The van der Waals surface area contributed by atoms with Gasteiger partial charge in [0.25, 0.3) is 5.91 Å². The Morgan fingerprint density at radius 1 is 0.762 bits per heavy atom. The number of hydrogen-bond acceptors (Lipinski definition) is 4. The first-order valence-corrected chi connectivity index (χ1v) is 15.6. The van der Waals surface area contributed by atoms with Crippen LogP contribution in [0, 0.1) is 6.92 Å². The number of quaternary nitrogens is 1. The number of aryl methyl sites for hydroxylation is 1. The summed E-state index contributed by atoms with van der Waals surface area (Å²) in [6, 6.07) is 22.8. The van der Waals surface area contributed by atoms with E-state index in [1.165, 1.54) is 36.8 Å². The molecular weight excluding hydrogens is 524 g/mol. The van der Waals surface area contributed by atoms with Gasteiger partial charge in [-0.15, -0.1) is 0 Å². The lowest BCUT2D eigenvalue weighted by atomic mass is 10.1. The van der Waals surface area contributed by atoms with Crippen molar-refractivity contribution in [3.05, 3.63) is 95.1 Å². The molecule has 0 atom stereocenters. The van der Waals surface area contributed by atoms with Crippen molar-refractivity contribution in [3.8, 4) is 5.75 Å². The van der Waals surface area contributed by atoms with Crippen LogP contribution in [0.15, 0.2) is 72.8 Å². The Labute approximate surface area is 252 Å². The van der Waals surface area contributed by atoms with Crippen LogP contribution in [-0.2, 0) is 11.3 Å². The van der Waals surface area contributed by atoms with E-state index >= 15 is 0 Å². The molecule has 0 aliphatic carbocycles. The van der Waals surface area contributed by atoms with E-state index in [-0.39, 0.29) is 11.9 Å². The van der Waals surface area contributed by atoms with Gasteiger partial charge in [0.15, 0.2) is 0 Å². The third kappa shape index (κ3) is 10.3. The van der Waals surface area contributed by atoms with Gasteiger partial charge in [0, 0.05) is 11.3 Å². The number of esters is 1. The summed E-state index contributed by atoms with van der Waals surface area (Å²) in [6.45, 7) is 13.2. The standard InChI is InChI=1S/C36H48N2O4/c1-5-8-9-10-11-14-26-41-34-16-13-12-15-33(34)35(39)37-32-23-21-31(22-24-32)36(40)42-27-25-38(6-2,7-3)28-30-19-17-29(4)18-20-30/h12-13,15-24H,5-11,14,25-28H2,1-4H3/p+1. The van der Waals surface area contributed by atoms with Gasteiger partial charge in [-0.2, -0.15) is 0 Å². The summed E-state index contributed by atoms with van der Waals surface area (Å²) in [5.74, 6) is -0.0209. The third-order valence-corrected chi connectivity index (χ3v) is 8.04. The lowest BCUT2D eigenvalue weighted by molar-refractivity contribution is -0.937. The molecule has 1 amide bonds. The van der Waals surface area contributed by atoms with Gasteiger partial charge in [0.2, 0.25) is 0 Å². The second kappa shape index (κ2) is 17.3. The number of nitrogens with zero attached hydrogens (tertiary/aromatic N) is 1. The zero-order valence-electron chi connectivity index (χ0n) is 26.0. The number of likely N-dealkylation sites (N-methyl/N-ethyl adjacent to an activating group) is 1. The molecule has 0 heterocycles. The Hall–Kier alpha value is -3.64. The molecule has 3 aromatic carbocycles. The highest BCUT2D eigenvalue weighted by molar-refractivity contribution is 6.06. The van der Waals surface area contributed by atoms with Crippen molar-refractivity contribution in [2.45, 2.75) is 72.8 Å². The maximum atomic E-state index is 13.0. The summed E-state index contributed by atoms with van der Waals surface area (Å²) >= 11 is 0. The summed E-state index contributed by atoms with van der Waals surface area (Å²) in [6.07, 6.45) is 7.10. The van der Waals surface area contributed by atoms with Crippen molar-refractivity contribution in [3.63, 3.8) is 0 Å². The number of carbonyl (C=O) groups is 2. The van der Waals surface area contributed by atoms with Crippen LogP contribution in [0.3, 0.4) is 0 Å². The molecule has 0 aliphatic rings. The number of hydrogen-bond donors (Lipinski definition) is 1. The van der Waals surface area contributed by atoms with E-state index in [2.05, 4.69) is 57.3 Å². The molecule has 0 saturated carbocycles. The van der Waals surface area contributed by atoms with Crippen molar-refractivity contribution in [2.24, 2.45) is 0 Å². The quantitative estimate of drug-likeness (QED) is 0.0946. The topological polar surface area (TPSA) is 64.6 Å². The molecule has 0 bridgehead atoms. The molecule has 3 aromatic rings. The SMILES string of the molecule is CCCCCCCCOc1ccccc1C(=O)Nc1ccc(C(=O)OCC[N+](CC)(CC)Cc2ccc(C)cc2)cc1. The molecule has 0 unspecified atom stereocenters. The van der Waals surface area contributed by atoms with Crippen LogP contribution in [0.1, 0.15) is 91.1 Å². The second-order valence-electron chi connectivity index (χ2n) is 11.1. The molecule has 0 spiro atoms. The Kier molecular flexibility index (Phi) is 13.6. The van der Waals surface area contributed by atoms with Crippen LogP contribution in [0.5, 0.6) is 5.75 Å². The summed E-state index contributed by atoms with van der Waals surface area (Å²) in [7, 11) is 0. The maximum absolute atomic E-state index is 13.0. The Balaban J connectivity index is 1.49. The predicted octanol–water partition coefficient (Wildman–Crippen LogP) is 8.20. The largest absolute Gasteiger partial charge is 0.493 e. The van der Waals surface area contributed by atoms with Gasteiger partial charge in [-0.25, -0.2) is 4.79 Å². The highest BCUT2D eigenvalue weighted by Crippen LogP contribution is 2.21. The highest BCUT2D eigenvalue weighted by atomic mass is 16.5. The maximum Gasteiger partial charge on any atom is 0.338 e. The number of unbranched alkanes of at least 4 members (excludes halogenated alkanes) is 5. The first kappa shape index (κ1) is 32.9. The van der Waals surface area contributed by atoms with E-state index in [1.807, 2.05) is 18.2 Å². The molecule has 226 valence electrons. The van der Waals surface area contributed by atoms with Crippen molar-refractivity contribution >= 4 is 17.6 Å². The Morgan fingerprint density at radius 2 is 1.43 bits per heavy atom. The van der Waals surface area contributed by atoms with Crippen LogP contribution in [0.25, 0.3) is 0 Å². The van der Waals surface area contributed by atoms with Gasteiger partial charge in [0.05, 0.1) is 30.8 Å². The first-order chi connectivity index (χ1) is 20.4. The van der Waals surface area contributed by atoms with E-state index in [0.717, 1.165) is 43.5 Å². The normalized spacial score (nSPS) is 11.2. The number of carbonyl (C=O) groups excluding carboxylic acids is 2. The number of para-hydroxylation sites is 1. The molecule has 6 heteroatoms. The Bertz CT molecular complexity index is 1230. The minimum absolute atomic E-state index is 0.245. The zero-order valence-corrected chi connectivity index (χ0v) is 26.0. The van der Waals surface area contributed by atoms with Crippen molar-refractivity contribution in [1.82, 2.24) is 0 Å². The highest BCUT2D eigenvalue weighted by Gasteiger charge is 2.24. The van der Waals surface area contributed by atoms with Crippen LogP contribution in [0.2, 0.25) is 0 Å². The van der Waals surface area contributed by atoms with E-state index in [0.29, 0.717) is 35.8 Å². The fourth-order valence-electron chi connectivity index (χ4n) is 5.07. The van der Waals surface area contributed by atoms with Gasteiger partial charge in [-0.05, 0) is 63.6 Å². The van der Waals surface area contributed by atoms with Crippen LogP contribution in [-0.4, -0.2) is 49.2 Å². The first-order valence-electron chi connectivity index (χ1n) is 15.6. The minimum atomic E-state index is -0.359. The molecule has 0 aromatic heterocycles. The molecule has 0 fully saturated rings. The van der Waals surface area contributed by atoms with E-state index in [9.17, 15) is 9.59 Å². The molecule has 6 nitrogen and oxygen atoms in total. The fourth-order valence-corrected chi connectivity index (χ4v) is 5.07. The average Bonchev–Trinajstić information content (AvgIpc) is 3.01. The van der Waals surface area contributed by atoms with Crippen LogP contribution in [0.4, 0.5) is 5.69 Å². The molecule has 3 rings (SSSR count). The van der Waals surface area contributed by atoms with Gasteiger partial charge in [0.1, 0.15) is 25.4 Å². The van der Waals surface area contributed by atoms with E-state index in [4.69, 9.17) is 9.47 Å². The van der Waals surface area contributed by atoms with Gasteiger partial charge < -0.3 is 19.3 Å². The summed E-state index contributed by atoms with van der Waals surface area (Å²) in [5.41, 5.74) is 4.10. The summed E-state index contributed by atoms with van der Waals surface area (Å²) < 4.78 is 12.5. The molecule has 0 aliphatic heterocycles. The van der Waals surface area contributed by atoms with Gasteiger partial charge >= 0.3 is 5.97 Å². The van der Waals surface area contributed by atoms with Crippen LogP contribution < -0.4 is 10.1 Å². The number of amides is 1. The van der Waals surface area contributed by atoms with E-state index in [1.54, 1.807) is 30.3 Å². The number of ether oxygens (including phenoxy) is 2. The predicted molar refractivity (Wildman–Crippen MR) is 171 cm³/mol. The molecular formula is C36H49N2O4+. The molecule has 0 radical (unpaired) electrons. The fraction of sp³-hybridized carbons (Fsp3) is 0.444.